The summed E-state index contributed by atoms with van der Waals surface area (Å²) in [4.78, 5) is 27.4. The number of furan rings is 1. The maximum atomic E-state index is 13.0. The number of anilines is 1. The fourth-order valence-corrected chi connectivity index (χ4v) is 3.47. The Morgan fingerprint density at radius 1 is 1.19 bits per heavy atom. The molecule has 1 unspecified atom stereocenters. The highest BCUT2D eigenvalue weighted by molar-refractivity contribution is 6.16. The van der Waals surface area contributed by atoms with E-state index in [4.69, 9.17) is 4.42 Å². The second-order valence-corrected chi connectivity index (χ2v) is 7.60. The zero-order valence-electron chi connectivity index (χ0n) is 16.4. The number of hydrogen-bond acceptors (Lipinski definition) is 4. The van der Waals surface area contributed by atoms with Crippen molar-refractivity contribution >= 4 is 17.4 Å². The van der Waals surface area contributed by atoms with Crippen LogP contribution < -0.4 is 4.90 Å². The molecule has 3 rings (SSSR count). The quantitative estimate of drug-likeness (QED) is 0.830. The molecule has 0 fully saturated rings. The van der Waals surface area contributed by atoms with Gasteiger partial charge in [-0.1, -0.05) is 26.0 Å². The molecule has 0 aliphatic carbocycles. The van der Waals surface area contributed by atoms with Gasteiger partial charge in [-0.05, 0) is 56.0 Å². The summed E-state index contributed by atoms with van der Waals surface area (Å²) in [6, 6.07) is 8.56. The molecular formula is C22H25NO4. The monoisotopic (exact) mass is 367 g/mol. The Bertz CT molecular complexity index is 936. The van der Waals surface area contributed by atoms with Crippen LogP contribution in [0.4, 0.5) is 5.69 Å². The van der Waals surface area contributed by atoms with Crippen molar-refractivity contribution in [1.82, 2.24) is 0 Å². The molecule has 5 nitrogen and oxygen atoms in total. The summed E-state index contributed by atoms with van der Waals surface area (Å²) >= 11 is 0. The summed E-state index contributed by atoms with van der Waals surface area (Å²) < 4.78 is 5.78. The molecule has 1 amide bonds. The minimum atomic E-state index is -0.766. The van der Waals surface area contributed by atoms with Gasteiger partial charge in [0, 0.05) is 12.1 Å². The molecule has 1 aliphatic heterocycles. The molecule has 0 radical (unpaired) electrons. The van der Waals surface area contributed by atoms with Crippen LogP contribution in [0.2, 0.25) is 0 Å². The van der Waals surface area contributed by atoms with E-state index >= 15 is 0 Å². The molecular weight excluding hydrogens is 342 g/mol. The smallest absolute Gasteiger partial charge is 0.294 e. The summed E-state index contributed by atoms with van der Waals surface area (Å²) in [7, 11) is 0. The van der Waals surface area contributed by atoms with Crippen molar-refractivity contribution in [2.45, 2.75) is 47.1 Å². The maximum absolute atomic E-state index is 13.0. The number of carbonyl (C=O) groups excluding carboxylic acids is 2. The lowest BCUT2D eigenvalue weighted by Crippen LogP contribution is -2.31. The number of nitrogens with zero attached hydrogens (tertiary/aromatic N) is 1. The molecule has 1 atom stereocenters. The fourth-order valence-electron chi connectivity index (χ4n) is 3.47. The summed E-state index contributed by atoms with van der Waals surface area (Å²) in [6.07, 6.45) is 0.253. The van der Waals surface area contributed by atoms with Gasteiger partial charge in [-0.25, -0.2) is 0 Å². The molecule has 0 saturated heterocycles. The summed E-state index contributed by atoms with van der Waals surface area (Å²) in [5, 5.41) is 10.6. The predicted octanol–water partition coefficient (Wildman–Crippen LogP) is 4.72. The van der Waals surface area contributed by atoms with E-state index in [9.17, 15) is 14.7 Å². The molecule has 5 heteroatoms. The van der Waals surface area contributed by atoms with Gasteiger partial charge < -0.3 is 9.52 Å². The lowest BCUT2D eigenvalue weighted by molar-refractivity contribution is -0.118. The van der Waals surface area contributed by atoms with Crippen LogP contribution in [0.5, 0.6) is 0 Å². The van der Waals surface area contributed by atoms with Crippen LogP contribution in [0.1, 0.15) is 49.0 Å². The molecule has 1 N–H and O–H groups in total. The average molecular weight is 367 g/mol. The molecule has 27 heavy (non-hydrogen) atoms. The van der Waals surface area contributed by atoms with Gasteiger partial charge >= 0.3 is 0 Å². The predicted molar refractivity (Wildman–Crippen MR) is 104 cm³/mol. The van der Waals surface area contributed by atoms with Crippen LogP contribution in [0.25, 0.3) is 0 Å². The zero-order chi connectivity index (χ0) is 19.9. The van der Waals surface area contributed by atoms with Crippen molar-refractivity contribution in [3.8, 4) is 0 Å². The minimum absolute atomic E-state index is 0.113. The van der Waals surface area contributed by atoms with Crippen LogP contribution in [0.3, 0.4) is 0 Å². The zero-order valence-corrected chi connectivity index (χ0v) is 16.4. The third kappa shape index (κ3) is 3.42. The first-order valence-electron chi connectivity index (χ1n) is 9.14. The first kappa shape index (κ1) is 19.0. The number of ketones is 1. The van der Waals surface area contributed by atoms with Gasteiger partial charge in [0.15, 0.2) is 11.5 Å². The number of aliphatic hydroxyl groups excluding tert-OH is 1. The molecule has 0 spiro atoms. The van der Waals surface area contributed by atoms with Crippen molar-refractivity contribution in [2.75, 3.05) is 4.90 Å². The van der Waals surface area contributed by atoms with E-state index in [1.54, 1.807) is 12.1 Å². The standard InChI is InChI=1S/C22H25NO4/c1-12(2)10-17(24)19-20(18-9-8-15(5)27-18)23(22(26)21(19)25)16-11-13(3)6-7-14(16)4/h6-9,11-12,20,25H,10H2,1-5H3. The van der Waals surface area contributed by atoms with Gasteiger partial charge in [-0.15, -0.1) is 0 Å². The van der Waals surface area contributed by atoms with Crippen LogP contribution in [-0.4, -0.2) is 16.8 Å². The molecule has 2 heterocycles. The maximum Gasteiger partial charge on any atom is 0.294 e. The van der Waals surface area contributed by atoms with E-state index in [-0.39, 0.29) is 23.7 Å². The third-order valence-electron chi connectivity index (χ3n) is 4.76. The van der Waals surface area contributed by atoms with E-state index in [2.05, 4.69) is 0 Å². The molecule has 1 aliphatic rings. The molecule has 142 valence electrons. The first-order chi connectivity index (χ1) is 12.7. The van der Waals surface area contributed by atoms with E-state index in [0.29, 0.717) is 17.2 Å². The SMILES string of the molecule is Cc1ccc(C)c(N2C(=O)C(O)=C(C(=O)CC(C)C)C2c2ccc(C)o2)c1. The molecule has 1 aromatic carbocycles. The lowest BCUT2D eigenvalue weighted by atomic mass is 9.95. The van der Waals surface area contributed by atoms with E-state index in [1.165, 1.54) is 4.90 Å². The van der Waals surface area contributed by atoms with Gasteiger partial charge in [0.05, 0.1) is 5.57 Å². The van der Waals surface area contributed by atoms with Gasteiger partial charge in [-0.3, -0.25) is 14.5 Å². The largest absolute Gasteiger partial charge is 0.503 e. The normalized spacial score (nSPS) is 17.3. The molecule has 1 aromatic heterocycles. The fraction of sp³-hybridized carbons (Fsp3) is 0.364. The number of benzene rings is 1. The summed E-state index contributed by atoms with van der Waals surface area (Å²) in [5.41, 5.74) is 2.65. The minimum Gasteiger partial charge on any atom is -0.503 e. The number of amides is 1. The van der Waals surface area contributed by atoms with Gasteiger partial charge in [-0.2, -0.15) is 0 Å². The van der Waals surface area contributed by atoms with E-state index in [1.807, 2.05) is 52.8 Å². The highest BCUT2D eigenvalue weighted by atomic mass is 16.3. The Morgan fingerprint density at radius 2 is 1.89 bits per heavy atom. The Balaban J connectivity index is 2.18. The van der Waals surface area contributed by atoms with Crippen molar-refractivity contribution in [2.24, 2.45) is 5.92 Å². The highest BCUT2D eigenvalue weighted by Crippen LogP contribution is 2.43. The summed E-state index contributed by atoms with van der Waals surface area (Å²) in [5.74, 6) is -0.0295. The van der Waals surface area contributed by atoms with Gasteiger partial charge in [0.1, 0.15) is 17.6 Å². The first-order valence-corrected chi connectivity index (χ1v) is 9.14. The number of aryl methyl sites for hydroxylation is 3. The number of aliphatic hydroxyl groups is 1. The Labute approximate surface area is 159 Å². The Hall–Kier alpha value is -2.82. The van der Waals surface area contributed by atoms with E-state index in [0.717, 1.165) is 11.1 Å². The molecule has 2 aromatic rings. The third-order valence-corrected chi connectivity index (χ3v) is 4.76. The van der Waals surface area contributed by atoms with Crippen LogP contribution in [-0.2, 0) is 9.59 Å². The van der Waals surface area contributed by atoms with Gasteiger partial charge in [0.2, 0.25) is 0 Å². The molecule has 0 saturated carbocycles. The molecule has 0 bridgehead atoms. The summed E-state index contributed by atoms with van der Waals surface area (Å²) in [6.45, 7) is 9.51. The number of rotatable bonds is 5. The van der Waals surface area contributed by atoms with Crippen LogP contribution in [0, 0.1) is 26.7 Å². The number of Topliss-reactive ketones (excluding diaryl/α,β-unsaturated/α-hetero) is 1. The van der Waals surface area contributed by atoms with Crippen LogP contribution >= 0.6 is 0 Å². The van der Waals surface area contributed by atoms with Crippen molar-refractivity contribution in [3.05, 3.63) is 64.3 Å². The topological polar surface area (TPSA) is 70.8 Å². The van der Waals surface area contributed by atoms with Crippen molar-refractivity contribution < 1.29 is 19.1 Å². The lowest BCUT2D eigenvalue weighted by Gasteiger charge is -2.27. The highest BCUT2D eigenvalue weighted by Gasteiger charge is 2.46. The number of hydrogen-bond donors (Lipinski definition) is 1. The van der Waals surface area contributed by atoms with Crippen molar-refractivity contribution in [1.29, 1.82) is 0 Å². The van der Waals surface area contributed by atoms with Crippen molar-refractivity contribution in [3.63, 3.8) is 0 Å². The van der Waals surface area contributed by atoms with E-state index < -0.39 is 17.7 Å². The second-order valence-electron chi connectivity index (χ2n) is 7.60. The average Bonchev–Trinajstić information content (AvgIpc) is 3.11. The van der Waals surface area contributed by atoms with Crippen LogP contribution in [0.15, 0.2) is 46.1 Å². The second kappa shape index (κ2) is 7.06. The Kier molecular flexibility index (Phi) is 4.96. The number of carbonyl (C=O) groups is 2. The van der Waals surface area contributed by atoms with Gasteiger partial charge in [0.25, 0.3) is 5.91 Å². The Morgan fingerprint density at radius 3 is 2.48 bits per heavy atom.